The summed E-state index contributed by atoms with van der Waals surface area (Å²) in [5, 5.41) is 10.0. The van der Waals surface area contributed by atoms with Gasteiger partial charge in [-0.15, -0.1) is 24.0 Å². The quantitative estimate of drug-likeness (QED) is 0.461. The second kappa shape index (κ2) is 10.00. The summed E-state index contributed by atoms with van der Waals surface area (Å²) in [6.07, 6.45) is 5.08. The van der Waals surface area contributed by atoms with Crippen LogP contribution in [0.3, 0.4) is 0 Å². The minimum Gasteiger partial charge on any atom is -0.391 e. The van der Waals surface area contributed by atoms with Crippen molar-refractivity contribution in [3.8, 4) is 0 Å². The lowest BCUT2D eigenvalue weighted by molar-refractivity contribution is 0.183. The van der Waals surface area contributed by atoms with Crippen LogP contribution in [0, 0.1) is 0 Å². The van der Waals surface area contributed by atoms with E-state index in [4.69, 9.17) is 5.73 Å². The largest absolute Gasteiger partial charge is 0.391 e. The highest BCUT2D eigenvalue weighted by atomic mass is 127. The second-order valence-electron chi connectivity index (χ2n) is 5.44. The van der Waals surface area contributed by atoms with Gasteiger partial charge in [-0.3, -0.25) is 4.99 Å². The Kier molecular flexibility index (Phi) is 8.68. The zero-order valence-corrected chi connectivity index (χ0v) is 14.8. The first-order valence-electron chi connectivity index (χ1n) is 7.52. The highest BCUT2D eigenvalue weighted by Gasteiger charge is 2.11. The molecule has 1 aliphatic heterocycles. The number of guanidine groups is 1. The fourth-order valence-electron chi connectivity index (χ4n) is 2.55. The molecule has 0 aromatic heterocycles. The van der Waals surface area contributed by atoms with Gasteiger partial charge >= 0.3 is 0 Å². The molecule has 3 N–H and O–H groups in total. The standard InChI is InChI=1S/C16H25N3O.HI/c17-16(19-10-6-1-2-7-11-19)18-13-15(20)12-14-8-4-3-5-9-14;/h3-5,8-9,15,20H,1-2,6-7,10-13H2,(H2,17,18);1H. The maximum Gasteiger partial charge on any atom is 0.191 e. The summed E-state index contributed by atoms with van der Waals surface area (Å²) < 4.78 is 0. The van der Waals surface area contributed by atoms with Gasteiger partial charge in [0, 0.05) is 19.5 Å². The van der Waals surface area contributed by atoms with E-state index in [1.54, 1.807) is 0 Å². The van der Waals surface area contributed by atoms with Gasteiger partial charge in [-0.25, -0.2) is 0 Å². The molecule has 1 atom stereocenters. The molecule has 1 aromatic rings. The van der Waals surface area contributed by atoms with Crippen molar-refractivity contribution < 1.29 is 5.11 Å². The van der Waals surface area contributed by atoms with Crippen molar-refractivity contribution in [3.05, 3.63) is 35.9 Å². The van der Waals surface area contributed by atoms with E-state index in [1.165, 1.54) is 25.7 Å². The zero-order valence-electron chi connectivity index (χ0n) is 12.4. The van der Waals surface area contributed by atoms with Crippen molar-refractivity contribution in [1.29, 1.82) is 0 Å². The summed E-state index contributed by atoms with van der Waals surface area (Å²) in [5.74, 6) is 0.582. The minimum atomic E-state index is -0.470. The molecule has 118 valence electrons. The number of hydrogen-bond acceptors (Lipinski definition) is 2. The second-order valence-corrected chi connectivity index (χ2v) is 5.44. The maximum absolute atomic E-state index is 10.0. The van der Waals surface area contributed by atoms with Crippen LogP contribution in [0.4, 0.5) is 0 Å². The Balaban J connectivity index is 0.00000220. The van der Waals surface area contributed by atoms with Gasteiger partial charge in [0.1, 0.15) is 0 Å². The lowest BCUT2D eigenvalue weighted by Gasteiger charge is -2.21. The van der Waals surface area contributed by atoms with E-state index in [2.05, 4.69) is 9.89 Å². The fraction of sp³-hybridized carbons (Fsp3) is 0.562. The molecule has 1 heterocycles. The molecule has 0 bridgehead atoms. The summed E-state index contributed by atoms with van der Waals surface area (Å²) in [7, 11) is 0. The molecular weight excluding hydrogens is 377 g/mol. The van der Waals surface area contributed by atoms with Crippen LogP contribution in [0.15, 0.2) is 35.3 Å². The number of hydrogen-bond donors (Lipinski definition) is 2. The van der Waals surface area contributed by atoms with Crippen LogP contribution in [-0.4, -0.2) is 41.7 Å². The van der Waals surface area contributed by atoms with E-state index < -0.39 is 6.10 Å². The van der Waals surface area contributed by atoms with Crippen LogP contribution >= 0.6 is 24.0 Å². The molecule has 0 saturated carbocycles. The van der Waals surface area contributed by atoms with Gasteiger partial charge in [0.05, 0.1) is 12.6 Å². The summed E-state index contributed by atoms with van der Waals surface area (Å²) in [4.78, 5) is 6.50. The van der Waals surface area contributed by atoms with Crippen molar-refractivity contribution >= 4 is 29.9 Å². The predicted octanol–water partition coefficient (Wildman–Crippen LogP) is 2.40. The number of nitrogens with zero attached hydrogens (tertiary/aromatic N) is 2. The molecule has 21 heavy (non-hydrogen) atoms. The highest BCUT2D eigenvalue weighted by Crippen LogP contribution is 2.09. The summed E-state index contributed by atoms with van der Waals surface area (Å²) in [6, 6.07) is 9.98. The van der Waals surface area contributed by atoms with Crippen LogP contribution in [-0.2, 0) is 6.42 Å². The predicted molar refractivity (Wildman–Crippen MR) is 98.1 cm³/mol. The number of rotatable bonds is 4. The normalized spacial score (nSPS) is 17.8. The van der Waals surface area contributed by atoms with Crippen LogP contribution < -0.4 is 5.73 Å². The van der Waals surface area contributed by atoms with Gasteiger partial charge in [0.2, 0.25) is 0 Å². The Morgan fingerprint density at radius 3 is 2.38 bits per heavy atom. The fourth-order valence-corrected chi connectivity index (χ4v) is 2.55. The van der Waals surface area contributed by atoms with Crippen molar-refractivity contribution in [2.45, 2.75) is 38.2 Å². The van der Waals surface area contributed by atoms with Crippen LogP contribution in [0.25, 0.3) is 0 Å². The number of aliphatic imine (C=N–C) groups is 1. The van der Waals surface area contributed by atoms with E-state index in [-0.39, 0.29) is 24.0 Å². The zero-order chi connectivity index (χ0) is 14.2. The number of benzene rings is 1. The smallest absolute Gasteiger partial charge is 0.191 e. The molecular formula is C16H26IN3O. The van der Waals surface area contributed by atoms with Gasteiger partial charge in [-0.1, -0.05) is 43.2 Å². The van der Waals surface area contributed by atoms with Gasteiger partial charge in [-0.05, 0) is 18.4 Å². The summed E-state index contributed by atoms with van der Waals surface area (Å²) in [6.45, 7) is 2.35. The molecule has 0 radical (unpaired) electrons. The molecule has 0 amide bonds. The number of halogens is 1. The Hall–Kier alpha value is -0.820. The topological polar surface area (TPSA) is 61.9 Å². The first kappa shape index (κ1) is 18.2. The van der Waals surface area contributed by atoms with Gasteiger partial charge in [0.25, 0.3) is 0 Å². The third-order valence-corrected chi connectivity index (χ3v) is 3.71. The number of likely N-dealkylation sites (tertiary alicyclic amines) is 1. The van der Waals surface area contributed by atoms with Crippen LogP contribution in [0.5, 0.6) is 0 Å². The lowest BCUT2D eigenvalue weighted by Crippen LogP contribution is -2.38. The van der Waals surface area contributed by atoms with E-state index in [0.717, 1.165) is 18.7 Å². The molecule has 1 saturated heterocycles. The highest BCUT2D eigenvalue weighted by molar-refractivity contribution is 14.0. The monoisotopic (exact) mass is 403 g/mol. The first-order chi connectivity index (χ1) is 9.75. The molecule has 5 heteroatoms. The molecule has 1 unspecified atom stereocenters. The van der Waals surface area contributed by atoms with Gasteiger partial charge < -0.3 is 15.7 Å². The molecule has 2 rings (SSSR count). The third-order valence-electron chi connectivity index (χ3n) is 3.71. The number of aliphatic hydroxyl groups is 1. The Morgan fingerprint density at radius 1 is 1.14 bits per heavy atom. The molecule has 1 aromatic carbocycles. The van der Waals surface area contributed by atoms with Gasteiger partial charge in [0.15, 0.2) is 5.96 Å². The van der Waals surface area contributed by atoms with Crippen LogP contribution in [0.2, 0.25) is 0 Å². The average molecular weight is 403 g/mol. The molecule has 1 fully saturated rings. The van der Waals surface area contributed by atoms with E-state index in [9.17, 15) is 5.11 Å². The van der Waals surface area contributed by atoms with Crippen molar-refractivity contribution in [1.82, 2.24) is 4.90 Å². The molecule has 4 nitrogen and oxygen atoms in total. The average Bonchev–Trinajstić information content (AvgIpc) is 2.75. The Bertz CT molecular complexity index is 417. The number of aliphatic hydroxyl groups excluding tert-OH is 1. The van der Waals surface area contributed by atoms with Crippen molar-refractivity contribution in [2.24, 2.45) is 10.7 Å². The SMILES string of the molecule is I.NC(=NCC(O)Cc1ccccc1)N1CCCCCC1. The minimum absolute atomic E-state index is 0. The third kappa shape index (κ3) is 6.65. The molecule has 0 spiro atoms. The molecule has 1 aliphatic rings. The maximum atomic E-state index is 10.0. The Labute approximate surface area is 144 Å². The van der Waals surface area contributed by atoms with Crippen molar-refractivity contribution in [3.63, 3.8) is 0 Å². The van der Waals surface area contributed by atoms with E-state index in [1.807, 2.05) is 30.3 Å². The lowest BCUT2D eigenvalue weighted by atomic mass is 10.1. The number of nitrogens with two attached hydrogens (primary N) is 1. The summed E-state index contributed by atoms with van der Waals surface area (Å²) >= 11 is 0. The summed E-state index contributed by atoms with van der Waals surface area (Å²) in [5.41, 5.74) is 7.15. The van der Waals surface area contributed by atoms with E-state index in [0.29, 0.717) is 18.9 Å². The van der Waals surface area contributed by atoms with E-state index >= 15 is 0 Å². The first-order valence-corrected chi connectivity index (χ1v) is 7.52. The Morgan fingerprint density at radius 2 is 1.76 bits per heavy atom. The van der Waals surface area contributed by atoms with Gasteiger partial charge in [-0.2, -0.15) is 0 Å². The van der Waals surface area contributed by atoms with Crippen LogP contribution in [0.1, 0.15) is 31.2 Å². The van der Waals surface area contributed by atoms with Crippen molar-refractivity contribution in [2.75, 3.05) is 19.6 Å². The molecule has 0 aliphatic carbocycles.